The van der Waals surface area contributed by atoms with Crippen LogP contribution < -0.4 is 0 Å². The predicted octanol–water partition coefficient (Wildman–Crippen LogP) is 2.65. The normalized spacial score (nSPS) is 23.4. The summed E-state index contributed by atoms with van der Waals surface area (Å²) in [6, 6.07) is 2.01. The van der Waals surface area contributed by atoms with Gasteiger partial charge >= 0.3 is 0 Å². The zero-order valence-electron chi connectivity index (χ0n) is 7.66. The summed E-state index contributed by atoms with van der Waals surface area (Å²) in [5.41, 5.74) is 1.15. The fourth-order valence-electron chi connectivity index (χ4n) is 1.66. The van der Waals surface area contributed by atoms with Crippen LogP contribution in [0.25, 0.3) is 0 Å². The van der Waals surface area contributed by atoms with Crippen LogP contribution in [0, 0.1) is 6.92 Å². The van der Waals surface area contributed by atoms with Crippen LogP contribution in [0.1, 0.15) is 31.2 Å². The van der Waals surface area contributed by atoms with E-state index in [2.05, 4.69) is 28.0 Å². The molecule has 0 aromatic carbocycles. The van der Waals surface area contributed by atoms with Gasteiger partial charge in [0.1, 0.15) is 10.8 Å². The third-order valence-electron chi connectivity index (χ3n) is 2.32. The van der Waals surface area contributed by atoms with Crippen LogP contribution in [0.2, 0.25) is 0 Å². The Hall–Kier alpha value is -0.350. The van der Waals surface area contributed by atoms with Crippen molar-refractivity contribution in [3.8, 4) is 0 Å². The predicted molar refractivity (Wildman–Crippen MR) is 53.5 cm³/mol. The van der Waals surface area contributed by atoms with Crippen LogP contribution in [0.5, 0.6) is 0 Å². The van der Waals surface area contributed by atoms with Crippen molar-refractivity contribution in [1.29, 1.82) is 0 Å². The molecule has 1 aromatic heterocycles. The Kier molecular flexibility index (Phi) is 2.69. The van der Waals surface area contributed by atoms with E-state index in [1.54, 1.807) is 0 Å². The Morgan fingerprint density at radius 1 is 1.62 bits per heavy atom. The van der Waals surface area contributed by atoms with Gasteiger partial charge in [-0.1, -0.05) is 0 Å². The van der Waals surface area contributed by atoms with Crippen molar-refractivity contribution in [3.63, 3.8) is 0 Å². The summed E-state index contributed by atoms with van der Waals surface area (Å²) in [5, 5.41) is 4.34. The zero-order valence-corrected chi connectivity index (χ0v) is 9.25. The van der Waals surface area contributed by atoms with E-state index in [9.17, 15) is 0 Å². The lowest BCUT2D eigenvalue weighted by atomic mass is 10.2. The number of aromatic nitrogens is 2. The molecule has 2 rings (SSSR count). The lowest BCUT2D eigenvalue weighted by molar-refractivity contribution is -0.0408. The Morgan fingerprint density at radius 2 is 2.46 bits per heavy atom. The van der Waals surface area contributed by atoms with Gasteiger partial charge in [0.15, 0.2) is 0 Å². The highest BCUT2D eigenvalue weighted by atomic mass is 79.9. The summed E-state index contributed by atoms with van der Waals surface area (Å²) in [7, 11) is 0. The Bertz CT molecular complexity index is 292. The van der Waals surface area contributed by atoms with Crippen LogP contribution >= 0.6 is 15.9 Å². The molecule has 1 fully saturated rings. The molecule has 0 saturated carbocycles. The molecule has 0 bridgehead atoms. The van der Waals surface area contributed by atoms with Gasteiger partial charge in [-0.15, -0.1) is 0 Å². The van der Waals surface area contributed by atoms with E-state index < -0.39 is 0 Å². The fraction of sp³-hybridized carbons (Fsp3) is 0.667. The van der Waals surface area contributed by atoms with Gasteiger partial charge in [0, 0.05) is 12.3 Å². The summed E-state index contributed by atoms with van der Waals surface area (Å²) in [4.78, 5) is 0. The Labute approximate surface area is 86.2 Å². The van der Waals surface area contributed by atoms with Gasteiger partial charge in [0.25, 0.3) is 0 Å². The molecule has 13 heavy (non-hydrogen) atoms. The van der Waals surface area contributed by atoms with E-state index in [1.807, 2.05) is 10.7 Å². The molecule has 4 heteroatoms. The average molecular weight is 245 g/mol. The third kappa shape index (κ3) is 1.94. The fourth-order valence-corrected chi connectivity index (χ4v) is 2.16. The first kappa shape index (κ1) is 9.21. The smallest absolute Gasteiger partial charge is 0.150 e. The number of halogens is 1. The lowest BCUT2D eigenvalue weighted by Gasteiger charge is -2.23. The average Bonchev–Trinajstić information content (AvgIpc) is 2.47. The number of aryl methyl sites for hydroxylation is 1. The SMILES string of the molecule is Cc1cc(Br)nn1C1CCCCO1. The van der Waals surface area contributed by atoms with E-state index in [1.165, 1.54) is 12.8 Å². The molecular formula is C9H13BrN2O. The van der Waals surface area contributed by atoms with E-state index in [0.29, 0.717) is 0 Å². The molecule has 0 amide bonds. The minimum atomic E-state index is 0.153. The lowest BCUT2D eigenvalue weighted by Crippen LogP contribution is -2.20. The second-order valence-corrected chi connectivity index (χ2v) is 4.19. The first-order valence-corrected chi connectivity index (χ1v) is 5.40. The largest absolute Gasteiger partial charge is 0.357 e. The molecule has 1 aliphatic heterocycles. The molecule has 1 atom stereocenters. The van der Waals surface area contributed by atoms with Gasteiger partial charge < -0.3 is 4.74 Å². The van der Waals surface area contributed by atoms with Crippen molar-refractivity contribution in [1.82, 2.24) is 9.78 Å². The highest BCUT2D eigenvalue weighted by Crippen LogP contribution is 2.24. The first-order valence-electron chi connectivity index (χ1n) is 4.60. The standard InChI is InChI=1S/C9H13BrN2O/c1-7-6-8(10)11-12(7)9-4-2-3-5-13-9/h6,9H,2-5H2,1H3. The molecular weight excluding hydrogens is 232 g/mol. The van der Waals surface area contributed by atoms with Gasteiger partial charge in [0.2, 0.25) is 0 Å². The molecule has 1 aliphatic rings. The summed E-state index contributed by atoms with van der Waals surface area (Å²) >= 11 is 3.36. The maximum absolute atomic E-state index is 5.64. The summed E-state index contributed by atoms with van der Waals surface area (Å²) in [5.74, 6) is 0. The van der Waals surface area contributed by atoms with E-state index in [-0.39, 0.29) is 6.23 Å². The maximum atomic E-state index is 5.64. The molecule has 0 aliphatic carbocycles. The molecule has 1 saturated heterocycles. The molecule has 2 heterocycles. The summed E-state index contributed by atoms with van der Waals surface area (Å²) in [6.45, 7) is 2.91. The van der Waals surface area contributed by atoms with Gasteiger partial charge in [-0.25, -0.2) is 4.68 Å². The number of hydrogen-bond acceptors (Lipinski definition) is 2. The van der Waals surface area contributed by atoms with E-state index >= 15 is 0 Å². The molecule has 1 aromatic rings. The topological polar surface area (TPSA) is 27.1 Å². The third-order valence-corrected chi connectivity index (χ3v) is 2.71. The molecule has 72 valence electrons. The van der Waals surface area contributed by atoms with Crippen molar-refractivity contribution in [3.05, 3.63) is 16.4 Å². The van der Waals surface area contributed by atoms with Crippen molar-refractivity contribution in [2.24, 2.45) is 0 Å². The molecule has 0 spiro atoms. The van der Waals surface area contributed by atoms with Gasteiger partial charge in [-0.2, -0.15) is 5.10 Å². The van der Waals surface area contributed by atoms with Crippen molar-refractivity contribution in [2.45, 2.75) is 32.4 Å². The first-order chi connectivity index (χ1) is 6.27. The molecule has 0 radical (unpaired) electrons. The van der Waals surface area contributed by atoms with Crippen LogP contribution in [0.4, 0.5) is 0 Å². The highest BCUT2D eigenvalue weighted by molar-refractivity contribution is 9.10. The van der Waals surface area contributed by atoms with Gasteiger partial charge in [-0.3, -0.25) is 0 Å². The molecule has 3 nitrogen and oxygen atoms in total. The minimum Gasteiger partial charge on any atom is -0.357 e. The molecule has 1 unspecified atom stereocenters. The minimum absolute atomic E-state index is 0.153. The second-order valence-electron chi connectivity index (χ2n) is 3.37. The van der Waals surface area contributed by atoms with Gasteiger partial charge in [0.05, 0.1) is 0 Å². The second kappa shape index (κ2) is 3.80. The van der Waals surface area contributed by atoms with Crippen LogP contribution in [-0.4, -0.2) is 16.4 Å². The zero-order chi connectivity index (χ0) is 9.26. The van der Waals surface area contributed by atoms with Crippen LogP contribution in [0.15, 0.2) is 10.7 Å². The number of hydrogen-bond donors (Lipinski definition) is 0. The van der Waals surface area contributed by atoms with Crippen LogP contribution in [-0.2, 0) is 4.74 Å². The van der Waals surface area contributed by atoms with Gasteiger partial charge in [-0.05, 0) is 48.2 Å². The van der Waals surface area contributed by atoms with Crippen molar-refractivity contribution in [2.75, 3.05) is 6.61 Å². The van der Waals surface area contributed by atoms with Crippen molar-refractivity contribution < 1.29 is 4.74 Å². The molecule has 0 N–H and O–H groups in total. The number of ether oxygens (including phenoxy) is 1. The Morgan fingerprint density at radius 3 is 3.00 bits per heavy atom. The quantitative estimate of drug-likeness (QED) is 0.760. The monoisotopic (exact) mass is 244 g/mol. The van der Waals surface area contributed by atoms with Crippen LogP contribution in [0.3, 0.4) is 0 Å². The number of rotatable bonds is 1. The highest BCUT2D eigenvalue weighted by Gasteiger charge is 2.18. The van der Waals surface area contributed by atoms with E-state index in [4.69, 9.17) is 4.74 Å². The maximum Gasteiger partial charge on any atom is 0.150 e. The van der Waals surface area contributed by atoms with Crippen molar-refractivity contribution >= 4 is 15.9 Å². The Balaban J connectivity index is 2.18. The summed E-state index contributed by atoms with van der Waals surface area (Å²) in [6.07, 6.45) is 3.65. The number of nitrogens with zero attached hydrogens (tertiary/aromatic N) is 2. The summed E-state index contributed by atoms with van der Waals surface area (Å²) < 4.78 is 8.49. The van der Waals surface area contributed by atoms with E-state index in [0.717, 1.165) is 23.3 Å².